The second-order valence-electron chi connectivity index (χ2n) is 9.61. The Hall–Kier alpha value is -2.63. The molecule has 2 aliphatic carbocycles. The predicted octanol–water partition coefficient (Wildman–Crippen LogP) is 4.73. The standard InChI is InChI=1S/C25H31N3O3/c1-16-5-4-12-27(16)24(29)20-8-2-6-18(13-20)19-7-3-9-21(14-19)28-23(17-10-11-17)22(15-26-28)25(30)31/h3,7,9,14-18,20H,2,4-6,8,10-13H2,1H3,(H,30,31)/t16-,18?,20?/m1/s1. The topological polar surface area (TPSA) is 75.4 Å². The highest BCUT2D eigenvalue weighted by molar-refractivity contribution is 5.89. The number of hydrogen-bond donors (Lipinski definition) is 1. The quantitative estimate of drug-likeness (QED) is 0.757. The molecule has 2 heterocycles. The zero-order valence-electron chi connectivity index (χ0n) is 18.2. The zero-order chi connectivity index (χ0) is 21.5. The van der Waals surface area contributed by atoms with Gasteiger partial charge in [0.05, 0.1) is 17.6 Å². The molecule has 6 nitrogen and oxygen atoms in total. The minimum absolute atomic E-state index is 0.119. The van der Waals surface area contributed by atoms with Crippen LogP contribution in [0.1, 0.15) is 91.7 Å². The molecule has 1 aromatic carbocycles. The van der Waals surface area contributed by atoms with E-state index < -0.39 is 5.97 Å². The summed E-state index contributed by atoms with van der Waals surface area (Å²) >= 11 is 0. The summed E-state index contributed by atoms with van der Waals surface area (Å²) in [6.07, 6.45) is 9.83. The minimum Gasteiger partial charge on any atom is -0.478 e. The Morgan fingerprint density at radius 3 is 2.61 bits per heavy atom. The summed E-state index contributed by atoms with van der Waals surface area (Å²) in [5.74, 6) is 0.207. The van der Waals surface area contributed by atoms with Crippen LogP contribution < -0.4 is 0 Å². The number of amides is 1. The number of nitrogens with zero attached hydrogens (tertiary/aromatic N) is 3. The van der Waals surface area contributed by atoms with Crippen molar-refractivity contribution in [2.24, 2.45) is 5.92 Å². The van der Waals surface area contributed by atoms with Crippen LogP contribution in [0.4, 0.5) is 0 Å². The third kappa shape index (κ3) is 3.88. The Labute approximate surface area is 183 Å². The van der Waals surface area contributed by atoms with Crippen LogP contribution >= 0.6 is 0 Å². The van der Waals surface area contributed by atoms with E-state index in [9.17, 15) is 14.7 Å². The molecule has 1 amide bonds. The Bertz CT molecular complexity index is 994. The molecule has 3 fully saturated rings. The number of carboxylic acids is 1. The van der Waals surface area contributed by atoms with Gasteiger partial charge >= 0.3 is 5.97 Å². The van der Waals surface area contributed by atoms with Crippen LogP contribution in [-0.4, -0.2) is 44.3 Å². The maximum atomic E-state index is 13.1. The summed E-state index contributed by atoms with van der Waals surface area (Å²) in [4.78, 5) is 26.9. The summed E-state index contributed by atoms with van der Waals surface area (Å²) in [6.45, 7) is 3.08. The molecule has 1 aromatic heterocycles. The number of carboxylic acid groups (broad SMARTS) is 1. The van der Waals surface area contributed by atoms with Crippen LogP contribution in [0.25, 0.3) is 5.69 Å². The van der Waals surface area contributed by atoms with E-state index in [1.165, 1.54) is 11.8 Å². The van der Waals surface area contributed by atoms with E-state index in [1.807, 2.05) is 16.8 Å². The van der Waals surface area contributed by atoms with E-state index in [2.05, 4.69) is 29.1 Å². The molecular weight excluding hydrogens is 390 g/mol. The molecule has 1 saturated heterocycles. The highest BCUT2D eigenvalue weighted by Crippen LogP contribution is 2.43. The van der Waals surface area contributed by atoms with Gasteiger partial charge in [0.15, 0.2) is 0 Å². The monoisotopic (exact) mass is 421 g/mol. The van der Waals surface area contributed by atoms with Crippen molar-refractivity contribution in [3.63, 3.8) is 0 Å². The van der Waals surface area contributed by atoms with Crippen molar-refractivity contribution >= 4 is 11.9 Å². The fourth-order valence-electron chi connectivity index (χ4n) is 5.60. The van der Waals surface area contributed by atoms with E-state index in [0.29, 0.717) is 23.4 Å². The number of carbonyl (C=O) groups excluding carboxylic acids is 1. The predicted molar refractivity (Wildman–Crippen MR) is 118 cm³/mol. The molecule has 1 aliphatic heterocycles. The first-order chi connectivity index (χ1) is 15.0. The van der Waals surface area contributed by atoms with Gasteiger partial charge in [0.1, 0.15) is 5.56 Å². The second-order valence-corrected chi connectivity index (χ2v) is 9.61. The van der Waals surface area contributed by atoms with Crippen molar-refractivity contribution in [1.29, 1.82) is 0 Å². The van der Waals surface area contributed by atoms with Gasteiger partial charge in [-0.2, -0.15) is 5.10 Å². The highest BCUT2D eigenvalue weighted by atomic mass is 16.4. The van der Waals surface area contributed by atoms with Crippen molar-refractivity contribution in [3.8, 4) is 5.69 Å². The molecule has 3 aliphatic rings. The molecule has 2 aromatic rings. The van der Waals surface area contributed by atoms with E-state index in [-0.39, 0.29) is 11.8 Å². The lowest BCUT2D eigenvalue weighted by Gasteiger charge is -2.33. The lowest BCUT2D eigenvalue weighted by atomic mass is 9.77. The lowest BCUT2D eigenvalue weighted by Crippen LogP contribution is -2.39. The smallest absolute Gasteiger partial charge is 0.339 e. The van der Waals surface area contributed by atoms with Gasteiger partial charge in [-0.1, -0.05) is 18.6 Å². The van der Waals surface area contributed by atoms with Gasteiger partial charge in [-0.05, 0) is 75.5 Å². The van der Waals surface area contributed by atoms with Crippen LogP contribution in [0.2, 0.25) is 0 Å². The Morgan fingerprint density at radius 2 is 1.90 bits per heavy atom. The largest absolute Gasteiger partial charge is 0.478 e. The first-order valence-electron chi connectivity index (χ1n) is 11.7. The van der Waals surface area contributed by atoms with Crippen LogP contribution in [0.15, 0.2) is 30.5 Å². The van der Waals surface area contributed by atoms with Crippen molar-refractivity contribution in [3.05, 3.63) is 47.3 Å². The van der Waals surface area contributed by atoms with Gasteiger partial charge in [-0.15, -0.1) is 0 Å². The number of hydrogen-bond acceptors (Lipinski definition) is 3. The normalized spacial score (nSPS) is 26.2. The third-order valence-electron chi connectivity index (χ3n) is 7.45. The lowest BCUT2D eigenvalue weighted by molar-refractivity contribution is -0.137. The average Bonchev–Trinajstić information content (AvgIpc) is 3.37. The molecule has 5 rings (SSSR count). The Kier molecular flexibility index (Phi) is 5.32. The van der Waals surface area contributed by atoms with Gasteiger partial charge in [0.25, 0.3) is 0 Å². The maximum Gasteiger partial charge on any atom is 0.339 e. The van der Waals surface area contributed by atoms with E-state index in [1.54, 1.807) is 0 Å². The number of likely N-dealkylation sites (tertiary alicyclic amines) is 1. The highest BCUT2D eigenvalue weighted by Gasteiger charge is 2.35. The number of benzene rings is 1. The summed E-state index contributed by atoms with van der Waals surface area (Å²) in [7, 11) is 0. The van der Waals surface area contributed by atoms with Crippen LogP contribution in [0.5, 0.6) is 0 Å². The molecule has 2 saturated carbocycles. The number of aromatic carboxylic acids is 1. The third-order valence-corrected chi connectivity index (χ3v) is 7.45. The first kappa shape index (κ1) is 20.3. The van der Waals surface area contributed by atoms with Crippen molar-refractivity contribution in [2.75, 3.05) is 6.54 Å². The number of aromatic nitrogens is 2. The van der Waals surface area contributed by atoms with E-state index in [0.717, 1.165) is 69.3 Å². The van der Waals surface area contributed by atoms with Crippen LogP contribution in [-0.2, 0) is 4.79 Å². The van der Waals surface area contributed by atoms with E-state index in [4.69, 9.17) is 0 Å². The number of rotatable bonds is 5. The van der Waals surface area contributed by atoms with Crippen molar-refractivity contribution in [2.45, 2.75) is 76.2 Å². The summed E-state index contributed by atoms with van der Waals surface area (Å²) in [5, 5.41) is 14.0. The van der Waals surface area contributed by atoms with E-state index >= 15 is 0 Å². The number of carbonyl (C=O) groups is 2. The van der Waals surface area contributed by atoms with Crippen LogP contribution in [0, 0.1) is 5.92 Å². The Morgan fingerprint density at radius 1 is 1.06 bits per heavy atom. The fraction of sp³-hybridized carbons (Fsp3) is 0.560. The molecule has 0 bridgehead atoms. The summed E-state index contributed by atoms with van der Waals surface area (Å²) in [6, 6.07) is 8.72. The SMILES string of the molecule is C[C@@H]1CCCN1C(=O)C1CCCC(c2cccc(-n3ncc(C(=O)O)c3C3CC3)c2)C1. The van der Waals surface area contributed by atoms with Crippen molar-refractivity contribution in [1.82, 2.24) is 14.7 Å². The molecular formula is C25H31N3O3. The van der Waals surface area contributed by atoms with Gasteiger partial charge < -0.3 is 10.0 Å². The summed E-state index contributed by atoms with van der Waals surface area (Å²) in [5.41, 5.74) is 3.30. The van der Waals surface area contributed by atoms with Gasteiger partial charge in [0, 0.05) is 24.4 Å². The van der Waals surface area contributed by atoms with Crippen molar-refractivity contribution < 1.29 is 14.7 Å². The molecule has 164 valence electrons. The van der Waals surface area contributed by atoms with Gasteiger partial charge in [0.2, 0.25) is 5.91 Å². The second kappa shape index (κ2) is 8.13. The molecule has 31 heavy (non-hydrogen) atoms. The maximum absolute atomic E-state index is 13.1. The molecule has 2 unspecified atom stereocenters. The average molecular weight is 422 g/mol. The molecule has 3 atom stereocenters. The summed E-state index contributed by atoms with van der Waals surface area (Å²) < 4.78 is 1.82. The fourth-order valence-corrected chi connectivity index (χ4v) is 5.60. The molecule has 0 radical (unpaired) electrons. The minimum atomic E-state index is -0.908. The molecule has 6 heteroatoms. The molecule has 0 spiro atoms. The van der Waals surface area contributed by atoms with Gasteiger partial charge in [-0.25, -0.2) is 9.48 Å². The molecule has 1 N–H and O–H groups in total. The van der Waals surface area contributed by atoms with Crippen LogP contribution in [0.3, 0.4) is 0 Å². The van der Waals surface area contributed by atoms with Gasteiger partial charge in [-0.3, -0.25) is 4.79 Å². The first-order valence-corrected chi connectivity index (χ1v) is 11.7. The Balaban J connectivity index is 1.38. The zero-order valence-corrected chi connectivity index (χ0v) is 18.2.